The summed E-state index contributed by atoms with van der Waals surface area (Å²) in [6.45, 7) is 3.42. The van der Waals surface area contributed by atoms with Gasteiger partial charge in [-0.1, -0.05) is 18.2 Å². The predicted octanol–water partition coefficient (Wildman–Crippen LogP) is 2.42. The van der Waals surface area contributed by atoms with E-state index in [1.807, 2.05) is 43.3 Å². The fourth-order valence-corrected chi connectivity index (χ4v) is 2.16. The Morgan fingerprint density at radius 1 is 1.17 bits per heavy atom. The molecule has 2 aromatic carbocycles. The largest absolute Gasteiger partial charge is 0.494 e. The molecule has 122 valence electrons. The van der Waals surface area contributed by atoms with Crippen LogP contribution in [0.2, 0.25) is 0 Å². The van der Waals surface area contributed by atoms with Crippen molar-refractivity contribution in [3.8, 4) is 5.75 Å². The van der Waals surface area contributed by atoms with E-state index >= 15 is 0 Å². The van der Waals surface area contributed by atoms with Crippen molar-refractivity contribution in [2.45, 2.75) is 13.5 Å². The lowest BCUT2D eigenvalue weighted by atomic mass is 10.1. The van der Waals surface area contributed by atoms with E-state index in [9.17, 15) is 4.79 Å². The highest BCUT2D eigenvalue weighted by Gasteiger charge is 2.05. The normalized spacial score (nSPS) is 10.2. The molecule has 2 aromatic rings. The quantitative estimate of drug-likeness (QED) is 0.700. The van der Waals surface area contributed by atoms with Crippen LogP contribution in [0.15, 0.2) is 48.5 Å². The lowest BCUT2D eigenvalue weighted by molar-refractivity contribution is 0.0945. The van der Waals surface area contributed by atoms with Crippen LogP contribution in [0.5, 0.6) is 5.75 Å². The van der Waals surface area contributed by atoms with Gasteiger partial charge in [-0.2, -0.15) is 0 Å². The maximum Gasteiger partial charge on any atom is 0.251 e. The van der Waals surface area contributed by atoms with Crippen molar-refractivity contribution in [1.82, 2.24) is 5.32 Å². The van der Waals surface area contributed by atoms with Crippen molar-refractivity contribution >= 4 is 11.6 Å². The molecule has 0 aliphatic rings. The van der Waals surface area contributed by atoms with Crippen LogP contribution in [-0.4, -0.2) is 30.8 Å². The zero-order valence-corrected chi connectivity index (χ0v) is 13.2. The van der Waals surface area contributed by atoms with Crippen LogP contribution in [0.4, 0.5) is 5.69 Å². The van der Waals surface area contributed by atoms with E-state index in [2.05, 4.69) is 10.6 Å². The number of rotatable bonds is 8. The number of carbonyl (C=O) groups excluding carboxylic acids is 1. The van der Waals surface area contributed by atoms with Gasteiger partial charge in [0.1, 0.15) is 5.75 Å². The lowest BCUT2D eigenvalue weighted by Gasteiger charge is -2.10. The van der Waals surface area contributed by atoms with E-state index in [0.29, 0.717) is 18.7 Å². The minimum Gasteiger partial charge on any atom is -0.494 e. The van der Waals surface area contributed by atoms with Gasteiger partial charge in [0.05, 0.1) is 13.2 Å². The Balaban J connectivity index is 1.98. The van der Waals surface area contributed by atoms with Crippen LogP contribution < -0.4 is 15.4 Å². The average Bonchev–Trinajstić information content (AvgIpc) is 2.59. The number of anilines is 1. The maximum absolute atomic E-state index is 11.9. The molecule has 3 N–H and O–H groups in total. The van der Waals surface area contributed by atoms with Crippen molar-refractivity contribution in [1.29, 1.82) is 0 Å². The fourth-order valence-electron chi connectivity index (χ4n) is 2.16. The number of ether oxygens (including phenoxy) is 1. The topological polar surface area (TPSA) is 70.6 Å². The van der Waals surface area contributed by atoms with E-state index in [4.69, 9.17) is 9.84 Å². The molecule has 23 heavy (non-hydrogen) atoms. The second kappa shape index (κ2) is 8.80. The SMILES string of the molecule is CCOc1cccc(CNc2cccc(C(=O)NCCO)c2)c1. The number of benzene rings is 2. The maximum atomic E-state index is 11.9. The molecule has 0 aromatic heterocycles. The van der Waals surface area contributed by atoms with Gasteiger partial charge in [-0.25, -0.2) is 0 Å². The minimum absolute atomic E-state index is 0.0696. The Labute approximate surface area is 136 Å². The van der Waals surface area contributed by atoms with Crippen LogP contribution in [0.1, 0.15) is 22.8 Å². The van der Waals surface area contributed by atoms with Gasteiger partial charge >= 0.3 is 0 Å². The van der Waals surface area contributed by atoms with Crippen LogP contribution in [0, 0.1) is 0 Å². The molecule has 0 aliphatic heterocycles. The van der Waals surface area contributed by atoms with Crippen molar-refractivity contribution < 1.29 is 14.6 Å². The molecule has 0 fully saturated rings. The third kappa shape index (κ3) is 5.30. The summed E-state index contributed by atoms with van der Waals surface area (Å²) in [6, 6.07) is 15.2. The average molecular weight is 314 g/mol. The summed E-state index contributed by atoms with van der Waals surface area (Å²) in [6.07, 6.45) is 0. The molecular formula is C18H22N2O3. The van der Waals surface area contributed by atoms with Crippen LogP contribution in [0.25, 0.3) is 0 Å². The monoisotopic (exact) mass is 314 g/mol. The van der Waals surface area contributed by atoms with Gasteiger partial charge in [-0.15, -0.1) is 0 Å². The molecule has 0 spiro atoms. The predicted molar refractivity (Wildman–Crippen MR) is 90.8 cm³/mol. The van der Waals surface area contributed by atoms with E-state index in [0.717, 1.165) is 17.0 Å². The summed E-state index contributed by atoms with van der Waals surface area (Å²) in [7, 11) is 0. The molecule has 0 heterocycles. The summed E-state index contributed by atoms with van der Waals surface area (Å²) < 4.78 is 5.49. The van der Waals surface area contributed by atoms with E-state index < -0.39 is 0 Å². The van der Waals surface area contributed by atoms with Gasteiger partial charge in [0.2, 0.25) is 0 Å². The molecule has 2 rings (SSSR count). The summed E-state index contributed by atoms with van der Waals surface area (Å²) >= 11 is 0. The van der Waals surface area contributed by atoms with Gasteiger partial charge in [-0.05, 0) is 42.8 Å². The van der Waals surface area contributed by atoms with Crippen molar-refractivity contribution in [3.05, 3.63) is 59.7 Å². The number of aliphatic hydroxyl groups is 1. The van der Waals surface area contributed by atoms with Gasteiger partial charge < -0.3 is 20.5 Å². The van der Waals surface area contributed by atoms with Crippen LogP contribution in [-0.2, 0) is 6.54 Å². The lowest BCUT2D eigenvalue weighted by Crippen LogP contribution is -2.26. The summed E-state index contributed by atoms with van der Waals surface area (Å²) in [5.41, 5.74) is 2.53. The second-order valence-electron chi connectivity index (χ2n) is 4.99. The van der Waals surface area contributed by atoms with Gasteiger partial charge in [0.15, 0.2) is 0 Å². The molecule has 0 saturated carbocycles. The highest BCUT2D eigenvalue weighted by Crippen LogP contribution is 2.16. The number of hydrogen-bond donors (Lipinski definition) is 3. The third-order valence-corrected chi connectivity index (χ3v) is 3.23. The van der Waals surface area contributed by atoms with Gasteiger partial charge in [0, 0.05) is 24.3 Å². The second-order valence-corrected chi connectivity index (χ2v) is 4.99. The minimum atomic E-state index is -0.193. The molecule has 0 unspecified atom stereocenters. The molecule has 0 atom stereocenters. The molecule has 5 nitrogen and oxygen atoms in total. The molecular weight excluding hydrogens is 292 g/mol. The number of nitrogens with one attached hydrogen (secondary N) is 2. The molecule has 0 aliphatic carbocycles. The Morgan fingerprint density at radius 3 is 2.78 bits per heavy atom. The van der Waals surface area contributed by atoms with E-state index in [-0.39, 0.29) is 19.1 Å². The van der Waals surface area contributed by atoms with E-state index in [1.165, 1.54) is 0 Å². The fraction of sp³-hybridized carbons (Fsp3) is 0.278. The van der Waals surface area contributed by atoms with Crippen LogP contribution in [0.3, 0.4) is 0 Å². The number of hydrogen-bond acceptors (Lipinski definition) is 4. The summed E-state index contributed by atoms with van der Waals surface area (Å²) in [5, 5.41) is 14.7. The first-order valence-electron chi connectivity index (χ1n) is 7.67. The van der Waals surface area contributed by atoms with Gasteiger partial charge in [0.25, 0.3) is 5.91 Å². The zero-order valence-electron chi connectivity index (χ0n) is 13.2. The first-order chi connectivity index (χ1) is 11.2. The molecule has 1 amide bonds. The highest BCUT2D eigenvalue weighted by atomic mass is 16.5. The van der Waals surface area contributed by atoms with Crippen LogP contribution >= 0.6 is 0 Å². The Kier molecular flexibility index (Phi) is 6.44. The highest BCUT2D eigenvalue weighted by molar-refractivity contribution is 5.95. The zero-order chi connectivity index (χ0) is 16.5. The number of carbonyl (C=O) groups is 1. The van der Waals surface area contributed by atoms with E-state index in [1.54, 1.807) is 12.1 Å². The smallest absolute Gasteiger partial charge is 0.251 e. The number of amides is 1. The van der Waals surface area contributed by atoms with Crippen molar-refractivity contribution in [2.75, 3.05) is 25.1 Å². The first kappa shape index (κ1) is 16.8. The molecule has 0 radical (unpaired) electrons. The van der Waals surface area contributed by atoms with Crippen molar-refractivity contribution in [2.24, 2.45) is 0 Å². The Bertz CT molecular complexity index is 644. The third-order valence-electron chi connectivity index (χ3n) is 3.23. The first-order valence-corrected chi connectivity index (χ1v) is 7.67. The molecule has 0 bridgehead atoms. The molecule has 5 heteroatoms. The Hall–Kier alpha value is -2.53. The summed E-state index contributed by atoms with van der Waals surface area (Å²) in [5.74, 6) is 0.657. The van der Waals surface area contributed by atoms with Crippen molar-refractivity contribution in [3.63, 3.8) is 0 Å². The number of aliphatic hydroxyl groups excluding tert-OH is 1. The molecule has 0 saturated heterocycles. The Morgan fingerprint density at radius 2 is 2.00 bits per heavy atom. The summed E-state index contributed by atoms with van der Waals surface area (Å²) in [4.78, 5) is 11.9. The van der Waals surface area contributed by atoms with Gasteiger partial charge in [-0.3, -0.25) is 4.79 Å². The standard InChI is InChI=1S/C18H22N2O3/c1-2-23-17-8-3-5-14(11-17)13-20-16-7-4-6-15(12-16)18(22)19-9-10-21/h3-8,11-12,20-21H,2,9-10,13H2,1H3,(H,19,22).